The van der Waals surface area contributed by atoms with Gasteiger partial charge >= 0.3 is 0 Å². The van der Waals surface area contributed by atoms with E-state index in [4.69, 9.17) is 4.74 Å². The molecule has 1 aromatic carbocycles. The van der Waals surface area contributed by atoms with Gasteiger partial charge in [0, 0.05) is 29.7 Å². The van der Waals surface area contributed by atoms with Crippen LogP contribution in [-0.4, -0.2) is 19.0 Å². The highest BCUT2D eigenvalue weighted by molar-refractivity contribution is 9.10. The minimum atomic E-state index is 0.260. The van der Waals surface area contributed by atoms with E-state index in [-0.39, 0.29) is 5.78 Å². The molecule has 1 aromatic rings. The van der Waals surface area contributed by atoms with E-state index in [2.05, 4.69) is 15.9 Å². The van der Waals surface area contributed by atoms with Crippen molar-refractivity contribution in [3.63, 3.8) is 0 Å². The summed E-state index contributed by atoms with van der Waals surface area (Å²) in [5.74, 6) is 0.755. The summed E-state index contributed by atoms with van der Waals surface area (Å²) in [7, 11) is 0. The Hall–Kier alpha value is -0.670. The van der Waals surface area contributed by atoms with Crippen molar-refractivity contribution >= 4 is 21.7 Å². The third-order valence-electron chi connectivity index (χ3n) is 3.31. The Balaban J connectivity index is 2.05. The fourth-order valence-corrected chi connectivity index (χ4v) is 2.58. The number of hydrogen-bond acceptors (Lipinski definition) is 2. The second kappa shape index (κ2) is 5.78. The quantitative estimate of drug-likeness (QED) is 0.794. The normalized spacial score (nSPS) is 17.1. The van der Waals surface area contributed by atoms with Crippen molar-refractivity contribution in [2.24, 2.45) is 5.92 Å². The molecule has 2 rings (SSSR count). The van der Waals surface area contributed by atoms with Crippen molar-refractivity contribution in [3.8, 4) is 0 Å². The number of carbonyl (C=O) groups is 1. The first kappa shape index (κ1) is 12.8. The van der Waals surface area contributed by atoms with Gasteiger partial charge in [-0.2, -0.15) is 0 Å². The Morgan fingerprint density at radius 2 is 2.12 bits per heavy atom. The van der Waals surface area contributed by atoms with Gasteiger partial charge in [0.2, 0.25) is 0 Å². The molecular formula is C14H17BrO2. The average Bonchev–Trinajstić information content (AvgIpc) is 2.33. The van der Waals surface area contributed by atoms with Crippen molar-refractivity contribution in [2.45, 2.75) is 26.2 Å². The lowest BCUT2D eigenvalue weighted by atomic mass is 9.91. The predicted molar refractivity (Wildman–Crippen MR) is 71.4 cm³/mol. The molecule has 0 saturated carbocycles. The van der Waals surface area contributed by atoms with Crippen LogP contribution in [0.4, 0.5) is 0 Å². The maximum Gasteiger partial charge on any atom is 0.163 e. The Morgan fingerprint density at radius 3 is 2.82 bits per heavy atom. The number of rotatable bonds is 3. The second-order valence-electron chi connectivity index (χ2n) is 4.64. The fraction of sp³-hybridized carbons (Fsp3) is 0.500. The molecule has 0 aliphatic carbocycles. The highest BCUT2D eigenvalue weighted by atomic mass is 79.9. The largest absolute Gasteiger partial charge is 0.381 e. The van der Waals surface area contributed by atoms with Gasteiger partial charge in [0.05, 0.1) is 0 Å². The molecule has 0 N–H and O–H groups in total. The van der Waals surface area contributed by atoms with Gasteiger partial charge in [0.15, 0.2) is 5.78 Å². The summed E-state index contributed by atoms with van der Waals surface area (Å²) < 4.78 is 6.28. The standard InChI is InChI=1S/C14H17BrO2/c1-10-2-3-12(15)9-13(10)14(16)8-11-4-6-17-7-5-11/h2-3,9,11H,4-8H2,1H3. The van der Waals surface area contributed by atoms with Crippen molar-refractivity contribution < 1.29 is 9.53 Å². The molecule has 0 bridgehead atoms. The Labute approximate surface area is 110 Å². The number of halogens is 1. The van der Waals surface area contributed by atoms with Crippen molar-refractivity contribution in [1.29, 1.82) is 0 Å². The first-order valence-electron chi connectivity index (χ1n) is 6.04. The third kappa shape index (κ3) is 3.39. The lowest BCUT2D eigenvalue weighted by Crippen LogP contribution is -2.19. The van der Waals surface area contributed by atoms with E-state index < -0.39 is 0 Å². The highest BCUT2D eigenvalue weighted by Gasteiger charge is 2.19. The van der Waals surface area contributed by atoms with Crippen LogP contribution in [0.5, 0.6) is 0 Å². The zero-order valence-electron chi connectivity index (χ0n) is 10.0. The molecule has 92 valence electrons. The van der Waals surface area contributed by atoms with E-state index in [1.165, 1.54) is 0 Å². The van der Waals surface area contributed by atoms with E-state index in [1.54, 1.807) is 0 Å². The third-order valence-corrected chi connectivity index (χ3v) is 3.81. The molecule has 17 heavy (non-hydrogen) atoms. The van der Waals surface area contributed by atoms with Crippen LogP contribution in [-0.2, 0) is 4.74 Å². The summed E-state index contributed by atoms with van der Waals surface area (Å²) in [5.41, 5.74) is 1.91. The van der Waals surface area contributed by atoms with Gasteiger partial charge in [-0.05, 0) is 43.4 Å². The summed E-state index contributed by atoms with van der Waals surface area (Å²) in [5, 5.41) is 0. The smallest absolute Gasteiger partial charge is 0.163 e. The number of hydrogen-bond donors (Lipinski definition) is 0. The molecule has 0 radical (unpaired) electrons. The number of ketones is 1. The van der Waals surface area contributed by atoms with Gasteiger partial charge in [-0.1, -0.05) is 22.0 Å². The molecule has 0 amide bonds. The van der Waals surface area contributed by atoms with Crippen LogP contribution in [0.1, 0.15) is 35.2 Å². The number of carbonyl (C=O) groups excluding carboxylic acids is 1. The maximum absolute atomic E-state index is 12.2. The van der Waals surface area contributed by atoms with Crippen molar-refractivity contribution in [2.75, 3.05) is 13.2 Å². The minimum absolute atomic E-state index is 0.260. The number of aryl methyl sites for hydroxylation is 1. The fourth-order valence-electron chi connectivity index (χ4n) is 2.22. The number of ether oxygens (including phenoxy) is 1. The SMILES string of the molecule is Cc1ccc(Br)cc1C(=O)CC1CCOCC1. The average molecular weight is 297 g/mol. The summed E-state index contributed by atoms with van der Waals surface area (Å²) in [6, 6.07) is 5.89. The highest BCUT2D eigenvalue weighted by Crippen LogP contribution is 2.23. The molecule has 1 heterocycles. The van der Waals surface area contributed by atoms with Crippen LogP contribution in [0.3, 0.4) is 0 Å². The van der Waals surface area contributed by atoms with Gasteiger partial charge < -0.3 is 4.74 Å². The Bertz CT molecular complexity index is 409. The summed E-state index contributed by atoms with van der Waals surface area (Å²) >= 11 is 3.42. The minimum Gasteiger partial charge on any atom is -0.381 e. The Kier molecular flexibility index (Phi) is 4.35. The van der Waals surface area contributed by atoms with E-state index >= 15 is 0 Å². The van der Waals surface area contributed by atoms with Crippen molar-refractivity contribution in [3.05, 3.63) is 33.8 Å². The van der Waals surface area contributed by atoms with Crippen LogP contribution < -0.4 is 0 Å². The lowest BCUT2D eigenvalue weighted by molar-refractivity contribution is 0.0601. The molecule has 1 saturated heterocycles. The van der Waals surface area contributed by atoms with Crippen LogP contribution in [0.2, 0.25) is 0 Å². The monoisotopic (exact) mass is 296 g/mol. The van der Waals surface area contributed by atoms with Crippen LogP contribution in [0.15, 0.2) is 22.7 Å². The summed E-state index contributed by atoms with van der Waals surface area (Å²) in [4.78, 5) is 12.2. The first-order valence-corrected chi connectivity index (χ1v) is 6.83. The molecule has 2 nitrogen and oxygen atoms in total. The van der Waals surface area contributed by atoms with Gasteiger partial charge in [-0.15, -0.1) is 0 Å². The first-order chi connectivity index (χ1) is 8.16. The molecular weight excluding hydrogens is 280 g/mol. The molecule has 1 aliphatic heterocycles. The predicted octanol–water partition coefficient (Wildman–Crippen LogP) is 3.76. The zero-order chi connectivity index (χ0) is 12.3. The molecule has 0 spiro atoms. The zero-order valence-corrected chi connectivity index (χ0v) is 11.6. The Morgan fingerprint density at radius 1 is 1.41 bits per heavy atom. The van der Waals surface area contributed by atoms with Gasteiger partial charge in [0.1, 0.15) is 0 Å². The molecule has 0 aromatic heterocycles. The van der Waals surface area contributed by atoms with Gasteiger partial charge in [-0.25, -0.2) is 0 Å². The topological polar surface area (TPSA) is 26.3 Å². The molecule has 1 fully saturated rings. The van der Waals surface area contributed by atoms with Crippen LogP contribution in [0, 0.1) is 12.8 Å². The molecule has 0 unspecified atom stereocenters. The van der Waals surface area contributed by atoms with Gasteiger partial charge in [-0.3, -0.25) is 4.79 Å². The maximum atomic E-state index is 12.2. The molecule has 3 heteroatoms. The lowest BCUT2D eigenvalue weighted by Gasteiger charge is -2.21. The van der Waals surface area contributed by atoms with E-state index in [1.807, 2.05) is 25.1 Å². The van der Waals surface area contributed by atoms with Crippen LogP contribution >= 0.6 is 15.9 Å². The number of benzene rings is 1. The summed E-state index contributed by atoms with van der Waals surface area (Å²) in [6.45, 7) is 3.59. The van der Waals surface area contributed by atoms with Crippen LogP contribution in [0.25, 0.3) is 0 Å². The van der Waals surface area contributed by atoms with Crippen molar-refractivity contribution in [1.82, 2.24) is 0 Å². The molecule has 0 atom stereocenters. The van der Waals surface area contributed by atoms with E-state index in [0.29, 0.717) is 12.3 Å². The van der Waals surface area contributed by atoms with E-state index in [0.717, 1.165) is 41.7 Å². The second-order valence-corrected chi connectivity index (χ2v) is 5.56. The van der Waals surface area contributed by atoms with Gasteiger partial charge in [0.25, 0.3) is 0 Å². The van der Waals surface area contributed by atoms with E-state index in [9.17, 15) is 4.79 Å². The number of Topliss-reactive ketones (excluding diaryl/α,β-unsaturated/α-hetero) is 1. The molecule has 1 aliphatic rings. The summed E-state index contributed by atoms with van der Waals surface area (Å²) in [6.07, 6.45) is 2.68.